The summed E-state index contributed by atoms with van der Waals surface area (Å²) in [5.74, 6) is -0.371. The average molecular weight is 268 g/mol. The highest BCUT2D eigenvalue weighted by Crippen LogP contribution is 2.31. The molecule has 2 fully saturated rings. The fourth-order valence-electron chi connectivity index (χ4n) is 3.32. The lowest BCUT2D eigenvalue weighted by molar-refractivity contribution is -0.143. The van der Waals surface area contributed by atoms with Crippen LogP contribution in [0.25, 0.3) is 0 Å². The van der Waals surface area contributed by atoms with Crippen LogP contribution in [0.2, 0.25) is 0 Å². The van der Waals surface area contributed by atoms with Crippen molar-refractivity contribution < 1.29 is 14.7 Å². The molecule has 2 aliphatic rings. The zero-order valence-corrected chi connectivity index (χ0v) is 11.6. The molecule has 2 atom stereocenters. The summed E-state index contributed by atoms with van der Waals surface area (Å²) in [5.41, 5.74) is 0. The van der Waals surface area contributed by atoms with E-state index < -0.39 is 5.97 Å². The van der Waals surface area contributed by atoms with E-state index in [1.807, 2.05) is 4.90 Å². The molecule has 0 aromatic heterocycles. The third-order valence-electron chi connectivity index (χ3n) is 4.59. The summed E-state index contributed by atoms with van der Waals surface area (Å²) >= 11 is 0. The van der Waals surface area contributed by atoms with Crippen molar-refractivity contribution >= 4 is 11.9 Å². The molecule has 1 heterocycles. The highest BCUT2D eigenvalue weighted by Gasteiger charge is 2.33. The topological polar surface area (TPSA) is 69.6 Å². The highest BCUT2D eigenvalue weighted by atomic mass is 16.4. The lowest BCUT2D eigenvalue weighted by atomic mass is 9.95. The molecule has 5 heteroatoms. The maximum atomic E-state index is 11.2. The minimum Gasteiger partial charge on any atom is -0.481 e. The average Bonchev–Trinajstić information content (AvgIpc) is 2.85. The van der Waals surface area contributed by atoms with Gasteiger partial charge in [0, 0.05) is 26.1 Å². The Kier molecular flexibility index (Phi) is 4.80. The van der Waals surface area contributed by atoms with Crippen LogP contribution in [-0.4, -0.2) is 47.6 Å². The van der Waals surface area contributed by atoms with E-state index in [0.29, 0.717) is 6.04 Å². The van der Waals surface area contributed by atoms with Gasteiger partial charge >= 0.3 is 5.97 Å². The summed E-state index contributed by atoms with van der Waals surface area (Å²) in [7, 11) is 0. The van der Waals surface area contributed by atoms with E-state index in [1.165, 1.54) is 0 Å². The molecule has 0 aromatic rings. The van der Waals surface area contributed by atoms with Crippen LogP contribution in [0.5, 0.6) is 0 Å². The van der Waals surface area contributed by atoms with Gasteiger partial charge in [-0.2, -0.15) is 0 Å². The maximum absolute atomic E-state index is 11.2. The summed E-state index contributed by atoms with van der Waals surface area (Å²) < 4.78 is 0. The summed E-state index contributed by atoms with van der Waals surface area (Å²) in [5, 5.41) is 12.7. The van der Waals surface area contributed by atoms with Crippen LogP contribution in [0.15, 0.2) is 0 Å². The van der Waals surface area contributed by atoms with Crippen LogP contribution in [-0.2, 0) is 9.59 Å². The van der Waals surface area contributed by atoms with Gasteiger partial charge in [0.25, 0.3) is 0 Å². The van der Waals surface area contributed by atoms with Gasteiger partial charge in [-0.3, -0.25) is 9.59 Å². The summed E-state index contributed by atoms with van der Waals surface area (Å²) in [4.78, 5) is 24.2. The third-order valence-corrected chi connectivity index (χ3v) is 4.59. The Labute approximate surface area is 114 Å². The second-order valence-corrected chi connectivity index (χ2v) is 5.82. The first kappa shape index (κ1) is 14.3. The summed E-state index contributed by atoms with van der Waals surface area (Å²) in [6.45, 7) is 4.06. The van der Waals surface area contributed by atoms with E-state index in [-0.39, 0.29) is 17.7 Å². The van der Waals surface area contributed by atoms with Gasteiger partial charge in [-0.15, -0.1) is 0 Å². The van der Waals surface area contributed by atoms with E-state index in [0.717, 1.165) is 51.7 Å². The molecular weight excluding hydrogens is 244 g/mol. The number of piperidine rings is 1. The smallest absolute Gasteiger partial charge is 0.306 e. The van der Waals surface area contributed by atoms with Crippen LogP contribution in [0.4, 0.5) is 0 Å². The molecule has 1 aliphatic heterocycles. The molecule has 19 heavy (non-hydrogen) atoms. The van der Waals surface area contributed by atoms with Crippen molar-refractivity contribution in [2.24, 2.45) is 11.8 Å². The SMILES string of the molecule is CC(=O)N1CCC(NCC2CCCC2C(=O)O)CC1. The second kappa shape index (κ2) is 6.37. The Balaban J connectivity index is 1.72. The lowest BCUT2D eigenvalue weighted by Crippen LogP contribution is -2.45. The number of carbonyl (C=O) groups excluding carboxylic acids is 1. The Morgan fingerprint density at radius 2 is 1.89 bits per heavy atom. The van der Waals surface area contributed by atoms with Crippen LogP contribution >= 0.6 is 0 Å². The molecule has 2 unspecified atom stereocenters. The molecule has 0 radical (unpaired) electrons. The number of carboxylic acids is 1. The van der Waals surface area contributed by atoms with E-state index in [4.69, 9.17) is 5.11 Å². The number of carbonyl (C=O) groups is 2. The van der Waals surface area contributed by atoms with Gasteiger partial charge in [0.2, 0.25) is 5.91 Å². The van der Waals surface area contributed by atoms with Gasteiger partial charge in [-0.25, -0.2) is 0 Å². The van der Waals surface area contributed by atoms with Crippen molar-refractivity contribution in [2.45, 2.75) is 45.1 Å². The first-order valence-corrected chi connectivity index (χ1v) is 7.29. The molecule has 0 spiro atoms. The van der Waals surface area contributed by atoms with E-state index in [1.54, 1.807) is 6.92 Å². The van der Waals surface area contributed by atoms with Crippen LogP contribution < -0.4 is 5.32 Å². The fraction of sp³-hybridized carbons (Fsp3) is 0.857. The minimum atomic E-state index is -0.643. The molecule has 108 valence electrons. The number of likely N-dealkylation sites (tertiary alicyclic amines) is 1. The monoisotopic (exact) mass is 268 g/mol. The number of nitrogens with zero attached hydrogens (tertiary/aromatic N) is 1. The van der Waals surface area contributed by atoms with Crippen molar-refractivity contribution in [1.82, 2.24) is 10.2 Å². The molecular formula is C14H24N2O3. The predicted molar refractivity (Wildman–Crippen MR) is 71.7 cm³/mol. The van der Waals surface area contributed by atoms with Gasteiger partial charge < -0.3 is 15.3 Å². The predicted octanol–water partition coefficient (Wildman–Crippen LogP) is 1.09. The van der Waals surface area contributed by atoms with Gasteiger partial charge in [0.1, 0.15) is 0 Å². The molecule has 5 nitrogen and oxygen atoms in total. The number of carboxylic acid groups (broad SMARTS) is 1. The highest BCUT2D eigenvalue weighted by molar-refractivity contribution is 5.73. The standard InChI is InChI=1S/C14H24N2O3/c1-10(17)16-7-5-12(6-8-16)15-9-11-3-2-4-13(11)14(18)19/h11-13,15H,2-9H2,1H3,(H,18,19). The second-order valence-electron chi connectivity index (χ2n) is 5.82. The van der Waals surface area contributed by atoms with E-state index in [9.17, 15) is 9.59 Å². The Hall–Kier alpha value is -1.10. The summed E-state index contributed by atoms with van der Waals surface area (Å²) in [6.07, 6.45) is 4.83. The fourth-order valence-corrected chi connectivity index (χ4v) is 3.32. The first-order valence-electron chi connectivity index (χ1n) is 7.29. The number of rotatable bonds is 4. The lowest BCUT2D eigenvalue weighted by Gasteiger charge is -2.32. The minimum absolute atomic E-state index is 0.153. The summed E-state index contributed by atoms with van der Waals surface area (Å²) in [6, 6.07) is 0.436. The number of hydrogen-bond donors (Lipinski definition) is 2. The molecule has 1 aliphatic carbocycles. The Morgan fingerprint density at radius 3 is 2.47 bits per heavy atom. The number of amides is 1. The van der Waals surface area contributed by atoms with Crippen LogP contribution in [0.3, 0.4) is 0 Å². The van der Waals surface area contributed by atoms with Gasteiger partial charge in [0.15, 0.2) is 0 Å². The maximum Gasteiger partial charge on any atom is 0.306 e. The van der Waals surface area contributed by atoms with Crippen molar-refractivity contribution in [2.75, 3.05) is 19.6 Å². The van der Waals surface area contributed by atoms with Crippen molar-refractivity contribution in [3.05, 3.63) is 0 Å². The normalized spacial score (nSPS) is 28.6. The zero-order chi connectivity index (χ0) is 13.8. The number of nitrogens with one attached hydrogen (secondary N) is 1. The first-order chi connectivity index (χ1) is 9.08. The van der Waals surface area contributed by atoms with Crippen LogP contribution in [0.1, 0.15) is 39.0 Å². The van der Waals surface area contributed by atoms with Crippen molar-refractivity contribution in [1.29, 1.82) is 0 Å². The van der Waals surface area contributed by atoms with Gasteiger partial charge in [-0.1, -0.05) is 6.42 Å². The Bertz CT molecular complexity index is 338. The molecule has 1 amide bonds. The number of aliphatic carboxylic acids is 1. The zero-order valence-electron chi connectivity index (χ0n) is 11.6. The van der Waals surface area contributed by atoms with Crippen molar-refractivity contribution in [3.63, 3.8) is 0 Å². The van der Waals surface area contributed by atoms with E-state index in [2.05, 4.69) is 5.32 Å². The third kappa shape index (κ3) is 3.69. The molecule has 0 aromatic carbocycles. The molecule has 2 N–H and O–H groups in total. The van der Waals surface area contributed by atoms with Crippen molar-refractivity contribution in [3.8, 4) is 0 Å². The molecule has 2 rings (SSSR count). The van der Waals surface area contributed by atoms with Gasteiger partial charge in [0.05, 0.1) is 5.92 Å². The molecule has 1 saturated heterocycles. The van der Waals surface area contributed by atoms with E-state index >= 15 is 0 Å². The Morgan fingerprint density at radius 1 is 1.21 bits per heavy atom. The largest absolute Gasteiger partial charge is 0.481 e. The molecule has 1 saturated carbocycles. The molecule has 0 bridgehead atoms. The quantitative estimate of drug-likeness (QED) is 0.800. The number of hydrogen-bond acceptors (Lipinski definition) is 3. The van der Waals surface area contributed by atoms with Crippen LogP contribution in [0, 0.1) is 11.8 Å². The van der Waals surface area contributed by atoms with Gasteiger partial charge in [-0.05, 0) is 38.1 Å².